The molecule has 0 spiro atoms. The summed E-state index contributed by atoms with van der Waals surface area (Å²) in [6.45, 7) is 0.251. The van der Waals surface area contributed by atoms with Gasteiger partial charge < -0.3 is 15.8 Å². The fourth-order valence-corrected chi connectivity index (χ4v) is 2.94. The number of nitrogens with zero attached hydrogens (tertiary/aromatic N) is 1. The molecule has 21 heavy (non-hydrogen) atoms. The van der Waals surface area contributed by atoms with E-state index in [2.05, 4.69) is 5.32 Å². The predicted molar refractivity (Wildman–Crippen MR) is 76.3 cm³/mol. The minimum absolute atomic E-state index is 0.119. The van der Waals surface area contributed by atoms with Gasteiger partial charge in [0.05, 0.1) is 16.9 Å². The lowest BCUT2D eigenvalue weighted by Gasteiger charge is -2.23. The molecule has 0 bridgehead atoms. The molecule has 1 aromatic carbocycles. The van der Waals surface area contributed by atoms with Crippen molar-refractivity contribution in [1.29, 1.82) is 0 Å². The van der Waals surface area contributed by atoms with Crippen LogP contribution in [0.4, 0.5) is 11.4 Å². The van der Waals surface area contributed by atoms with Crippen molar-refractivity contribution in [1.82, 2.24) is 0 Å². The summed E-state index contributed by atoms with van der Waals surface area (Å²) >= 11 is 0. The largest absolute Gasteiger partial charge is 0.485 e. The van der Waals surface area contributed by atoms with Crippen molar-refractivity contribution in [3.05, 3.63) is 27.8 Å². The Kier molecular flexibility index (Phi) is 3.29. The zero-order chi connectivity index (χ0) is 15.0. The topological polar surface area (TPSA) is 107 Å². The van der Waals surface area contributed by atoms with Crippen LogP contribution in [0, 0.1) is 10.1 Å². The van der Waals surface area contributed by atoms with Crippen LogP contribution in [0.5, 0.6) is 5.75 Å². The third-order valence-corrected chi connectivity index (χ3v) is 4.12. The molecule has 1 aliphatic heterocycles. The van der Waals surface area contributed by atoms with Crippen LogP contribution in [0.15, 0.2) is 12.1 Å². The second kappa shape index (κ2) is 5.00. The van der Waals surface area contributed by atoms with E-state index in [1.54, 1.807) is 0 Å². The van der Waals surface area contributed by atoms with E-state index in [4.69, 9.17) is 10.5 Å². The van der Waals surface area contributed by atoms with Crippen molar-refractivity contribution in [2.24, 2.45) is 5.73 Å². The van der Waals surface area contributed by atoms with E-state index in [1.165, 1.54) is 12.1 Å². The highest BCUT2D eigenvalue weighted by Crippen LogP contribution is 2.37. The average molecular weight is 291 g/mol. The standard InChI is InChI=1S/C14H17N3O4/c15-14(3-1-2-4-14)8-21-12-7-10-9(6-13(18)16-10)5-11(12)17(19)20/h5,7H,1-4,6,8,15H2,(H,16,18). The number of benzene rings is 1. The Balaban J connectivity index is 1.85. The number of hydrogen-bond donors (Lipinski definition) is 2. The van der Waals surface area contributed by atoms with Crippen molar-refractivity contribution in [3.8, 4) is 5.75 Å². The van der Waals surface area contributed by atoms with E-state index in [1.807, 2.05) is 0 Å². The van der Waals surface area contributed by atoms with Crippen molar-refractivity contribution >= 4 is 17.3 Å². The van der Waals surface area contributed by atoms with Crippen LogP contribution in [-0.2, 0) is 11.2 Å². The summed E-state index contributed by atoms with van der Waals surface area (Å²) in [4.78, 5) is 22.0. The summed E-state index contributed by atoms with van der Waals surface area (Å²) in [5.74, 6) is 0.000195. The maximum atomic E-state index is 11.4. The normalized spacial score (nSPS) is 19.2. The first-order valence-corrected chi connectivity index (χ1v) is 7.00. The van der Waals surface area contributed by atoms with Gasteiger partial charge in [-0.3, -0.25) is 14.9 Å². The van der Waals surface area contributed by atoms with Crippen molar-refractivity contribution in [2.75, 3.05) is 11.9 Å². The van der Waals surface area contributed by atoms with Gasteiger partial charge in [0.2, 0.25) is 5.91 Å². The van der Waals surface area contributed by atoms with Gasteiger partial charge >= 0.3 is 5.69 Å². The van der Waals surface area contributed by atoms with Gasteiger partial charge in [-0.25, -0.2) is 0 Å². The van der Waals surface area contributed by atoms with Gasteiger partial charge in [-0.05, 0) is 18.4 Å². The van der Waals surface area contributed by atoms with E-state index >= 15 is 0 Å². The Hall–Kier alpha value is -2.15. The molecule has 7 heteroatoms. The van der Waals surface area contributed by atoms with E-state index in [9.17, 15) is 14.9 Å². The molecule has 2 aliphatic rings. The molecule has 1 amide bonds. The number of amides is 1. The van der Waals surface area contributed by atoms with E-state index in [0.29, 0.717) is 11.3 Å². The first-order valence-electron chi connectivity index (χ1n) is 7.00. The molecule has 0 radical (unpaired) electrons. The van der Waals surface area contributed by atoms with Crippen LogP contribution in [0.3, 0.4) is 0 Å². The molecular weight excluding hydrogens is 274 g/mol. The Morgan fingerprint density at radius 2 is 2.10 bits per heavy atom. The zero-order valence-corrected chi connectivity index (χ0v) is 11.6. The van der Waals surface area contributed by atoms with Crippen molar-refractivity contribution < 1.29 is 14.5 Å². The second-order valence-corrected chi connectivity index (χ2v) is 5.82. The lowest BCUT2D eigenvalue weighted by atomic mass is 10.0. The number of nitrogens with two attached hydrogens (primary N) is 1. The second-order valence-electron chi connectivity index (χ2n) is 5.82. The molecule has 0 saturated heterocycles. The fourth-order valence-electron chi connectivity index (χ4n) is 2.94. The average Bonchev–Trinajstić information content (AvgIpc) is 3.00. The first kappa shape index (κ1) is 13.8. The third kappa shape index (κ3) is 2.69. The third-order valence-electron chi connectivity index (χ3n) is 4.12. The number of nitrogens with one attached hydrogen (secondary N) is 1. The number of rotatable bonds is 4. The Bertz CT molecular complexity index is 608. The van der Waals surface area contributed by atoms with Gasteiger partial charge in [-0.15, -0.1) is 0 Å². The molecule has 3 N–H and O–H groups in total. The molecule has 0 atom stereocenters. The number of nitro benzene ring substituents is 1. The zero-order valence-electron chi connectivity index (χ0n) is 11.6. The van der Waals surface area contributed by atoms with Crippen LogP contribution < -0.4 is 15.8 Å². The monoisotopic (exact) mass is 291 g/mol. The summed E-state index contributed by atoms with van der Waals surface area (Å²) in [5.41, 5.74) is 6.89. The van der Waals surface area contributed by atoms with Crippen LogP contribution in [0.2, 0.25) is 0 Å². The smallest absolute Gasteiger partial charge is 0.311 e. The molecule has 112 valence electrons. The highest BCUT2D eigenvalue weighted by atomic mass is 16.6. The van der Waals surface area contributed by atoms with E-state index in [-0.39, 0.29) is 30.4 Å². The molecule has 1 fully saturated rings. The lowest BCUT2D eigenvalue weighted by Crippen LogP contribution is -2.42. The van der Waals surface area contributed by atoms with Crippen LogP contribution >= 0.6 is 0 Å². The quantitative estimate of drug-likeness (QED) is 0.649. The minimum atomic E-state index is -0.490. The summed E-state index contributed by atoms with van der Waals surface area (Å²) in [5, 5.41) is 13.8. The molecule has 3 rings (SSSR count). The SMILES string of the molecule is NC1(COc2cc3c(cc2[N+](=O)[O-])CC(=O)N3)CCCC1. The number of ether oxygens (including phenoxy) is 1. The summed E-state index contributed by atoms with van der Waals surface area (Å²) in [6.07, 6.45) is 4.01. The lowest BCUT2D eigenvalue weighted by molar-refractivity contribution is -0.385. The molecule has 1 heterocycles. The van der Waals surface area contributed by atoms with Gasteiger partial charge in [-0.1, -0.05) is 12.8 Å². The molecule has 0 aromatic heterocycles. The molecule has 1 aliphatic carbocycles. The van der Waals surface area contributed by atoms with Gasteiger partial charge in [0, 0.05) is 17.8 Å². The minimum Gasteiger partial charge on any atom is -0.485 e. The Morgan fingerprint density at radius 1 is 1.38 bits per heavy atom. The summed E-state index contributed by atoms with van der Waals surface area (Å²) < 4.78 is 5.63. The fraction of sp³-hybridized carbons (Fsp3) is 0.500. The van der Waals surface area contributed by atoms with Gasteiger partial charge in [0.1, 0.15) is 6.61 Å². The molecule has 7 nitrogen and oxygen atoms in total. The highest BCUT2D eigenvalue weighted by Gasteiger charge is 2.32. The number of carbonyl (C=O) groups is 1. The van der Waals surface area contributed by atoms with Crippen molar-refractivity contribution in [2.45, 2.75) is 37.6 Å². The Labute approximate surface area is 121 Å². The summed E-state index contributed by atoms with van der Waals surface area (Å²) in [7, 11) is 0. The molecule has 1 aromatic rings. The van der Waals surface area contributed by atoms with Gasteiger partial charge in [0.25, 0.3) is 0 Å². The van der Waals surface area contributed by atoms with Crippen LogP contribution in [0.1, 0.15) is 31.2 Å². The number of hydrogen-bond acceptors (Lipinski definition) is 5. The maximum Gasteiger partial charge on any atom is 0.311 e. The van der Waals surface area contributed by atoms with Gasteiger partial charge in [-0.2, -0.15) is 0 Å². The Morgan fingerprint density at radius 3 is 2.76 bits per heavy atom. The maximum absolute atomic E-state index is 11.4. The van der Waals surface area contributed by atoms with E-state index < -0.39 is 10.5 Å². The number of fused-ring (bicyclic) bond motifs is 1. The van der Waals surface area contributed by atoms with Crippen LogP contribution in [-0.4, -0.2) is 23.0 Å². The predicted octanol–water partition coefficient (Wildman–Crippen LogP) is 1.74. The number of carbonyl (C=O) groups excluding carboxylic acids is 1. The summed E-state index contributed by atoms with van der Waals surface area (Å²) in [6, 6.07) is 2.93. The first-order chi connectivity index (χ1) is 9.97. The number of anilines is 1. The van der Waals surface area contributed by atoms with E-state index in [0.717, 1.165) is 25.7 Å². The van der Waals surface area contributed by atoms with Crippen LogP contribution in [0.25, 0.3) is 0 Å². The molecule has 1 saturated carbocycles. The number of nitro groups is 1. The highest BCUT2D eigenvalue weighted by molar-refractivity contribution is 5.99. The molecule has 0 unspecified atom stereocenters. The van der Waals surface area contributed by atoms with Gasteiger partial charge in [0.15, 0.2) is 5.75 Å². The van der Waals surface area contributed by atoms with Crippen molar-refractivity contribution in [3.63, 3.8) is 0 Å². The molecular formula is C14H17N3O4.